The van der Waals surface area contributed by atoms with Crippen LogP contribution in [0, 0.1) is 5.92 Å². The average molecular weight is 545 g/mol. The van der Waals surface area contributed by atoms with Gasteiger partial charge in [0.15, 0.2) is 15.8 Å². The summed E-state index contributed by atoms with van der Waals surface area (Å²) < 4.78 is 62.3. The highest BCUT2D eigenvalue weighted by Gasteiger charge is 2.40. The first-order valence-corrected chi connectivity index (χ1v) is 11.3. The van der Waals surface area contributed by atoms with Gasteiger partial charge in [0.25, 0.3) is 0 Å². The van der Waals surface area contributed by atoms with Crippen LogP contribution in [0.1, 0.15) is 36.8 Å². The van der Waals surface area contributed by atoms with Crippen molar-refractivity contribution in [1.82, 2.24) is 10.6 Å². The van der Waals surface area contributed by atoms with Crippen LogP contribution < -0.4 is 10.6 Å². The quantitative estimate of drug-likeness (QED) is 0.339. The van der Waals surface area contributed by atoms with Crippen LogP contribution in [-0.2, 0) is 21.4 Å². The van der Waals surface area contributed by atoms with Crippen LogP contribution in [0.4, 0.5) is 13.2 Å². The Labute approximate surface area is 186 Å². The second-order valence-corrected chi connectivity index (χ2v) is 10.0. The van der Waals surface area contributed by atoms with Crippen LogP contribution in [0.3, 0.4) is 0 Å². The number of hydrogen-bond acceptors (Lipinski definition) is 3. The van der Waals surface area contributed by atoms with E-state index in [4.69, 9.17) is 0 Å². The number of aliphatic imine (C=N–C) groups is 1. The molecule has 29 heavy (non-hydrogen) atoms. The zero-order valence-electron chi connectivity index (χ0n) is 16.3. The van der Waals surface area contributed by atoms with Gasteiger partial charge < -0.3 is 10.6 Å². The van der Waals surface area contributed by atoms with E-state index >= 15 is 0 Å². The van der Waals surface area contributed by atoms with E-state index in [1.54, 1.807) is 13.1 Å². The molecule has 1 aromatic carbocycles. The number of hydrogen-bond donors (Lipinski definition) is 2. The second kappa shape index (κ2) is 9.40. The lowest BCUT2D eigenvalue weighted by Gasteiger charge is -2.43. The van der Waals surface area contributed by atoms with Gasteiger partial charge in [-0.2, -0.15) is 13.2 Å². The number of halogens is 4. The van der Waals surface area contributed by atoms with Gasteiger partial charge in [0.2, 0.25) is 0 Å². The molecule has 1 heterocycles. The molecule has 1 aromatic rings. The molecule has 1 unspecified atom stereocenters. The second-order valence-electron chi connectivity index (χ2n) is 7.79. The highest BCUT2D eigenvalue weighted by Crippen LogP contribution is 2.44. The van der Waals surface area contributed by atoms with E-state index in [0.29, 0.717) is 31.0 Å². The van der Waals surface area contributed by atoms with Crippen molar-refractivity contribution in [3.63, 3.8) is 0 Å². The number of sulfone groups is 1. The lowest BCUT2D eigenvalue weighted by atomic mass is 9.64. The van der Waals surface area contributed by atoms with Gasteiger partial charge in [0, 0.05) is 25.6 Å². The molecular weight excluding hydrogens is 518 g/mol. The Morgan fingerprint density at radius 3 is 2.52 bits per heavy atom. The van der Waals surface area contributed by atoms with Crippen molar-refractivity contribution in [2.75, 3.05) is 31.6 Å². The zero-order valence-corrected chi connectivity index (χ0v) is 19.4. The molecule has 10 heteroatoms. The molecule has 164 valence electrons. The summed E-state index contributed by atoms with van der Waals surface area (Å²) in [6.45, 7) is 0.992. The minimum atomic E-state index is -4.35. The van der Waals surface area contributed by atoms with Crippen LogP contribution in [0.15, 0.2) is 29.3 Å². The summed E-state index contributed by atoms with van der Waals surface area (Å²) >= 11 is 0. The van der Waals surface area contributed by atoms with E-state index in [1.807, 2.05) is 0 Å². The molecule has 2 fully saturated rings. The third-order valence-corrected chi connectivity index (χ3v) is 7.65. The fourth-order valence-corrected chi connectivity index (χ4v) is 5.81. The van der Waals surface area contributed by atoms with Crippen molar-refractivity contribution in [1.29, 1.82) is 0 Å². The Kier molecular flexibility index (Phi) is 7.86. The molecule has 1 atom stereocenters. The molecule has 0 spiro atoms. The van der Waals surface area contributed by atoms with Crippen molar-refractivity contribution < 1.29 is 21.6 Å². The third-order valence-electron chi connectivity index (χ3n) is 5.82. The predicted molar refractivity (Wildman–Crippen MR) is 119 cm³/mol. The molecule has 0 bridgehead atoms. The summed E-state index contributed by atoms with van der Waals surface area (Å²) in [6, 6.07) is 5.57. The predicted octanol–water partition coefficient (Wildman–Crippen LogP) is 3.34. The van der Waals surface area contributed by atoms with Crippen molar-refractivity contribution in [3.05, 3.63) is 35.4 Å². The number of rotatable bonds is 5. The van der Waals surface area contributed by atoms with Crippen LogP contribution in [0.5, 0.6) is 0 Å². The monoisotopic (exact) mass is 545 g/mol. The van der Waals surface area contributed by atoms with Gasteiger partial charge >= 0.3 is 6.18 Å². The standard InChI is InChI=1S/C19H26F3N3O2S.HI/c1-23-17(24-11-14-6-9-28(26,27)12-14)25-13-18(7-3-8-18)15-4-2-5-16(10-15)19(20,21)22;/h2,4-5,10,14H,3,6-9,11-13H2,1H3,(H2,23,24,25);1H. The number of benzene rings is 1. The zero-order chi connectivity index (χ0) is 20.4. The molecule has 5 nitrogen and oxygen atoms in total. The Morgan fingerprint density at radius 1 is 1.28 bits per heavy atom. The first-order valence-electron chi connectivity index (χ1n) is 9.46. The molecule has 1 aliphatic heterocycles. The Balaban J connectivity index is 0.00000300. The van der Waals surface area contributed by atoms with Gasteiger partial charge in [-0.3, -0.25) is 4.99 Å². The summed E-state index contributed by atoms with van der Waals surface area (Å²) in [5, 5.41) is 6.37. The Morgan fingerprint density at radius 2 is 2.00 bits per heavy atom. The van der Waals surface area contributed by atoms with Gasteiger partial charge in [-0.1, -0.05) is 24.6 Å². The summed E-state index contributed by atoms with van der Waals surface area (Å²) in [7, 11) is -1.30. The van der Waals surface area contributed by atoms with Gasteiger partial charge in [-0.15, -0.1) is 24.0 Å². The highest BCUT2D eigenvalue weighted by molar-refractivity contribution is 14.0. The smallest absolute Gasteiger partial charge is 0.356 e. The summed E-state index contributed by atoms with van der Waals surface area (Å²) in [5.74, 6) is 1.02. The molecule has 3 rings (SSSR count). The third kappa shape index (κ3) is 5.99. The molecule has 2 N–H and O–H groups in total. The van der Waals surface area contributed by atoms with Gasteiger partial charge in [-0.25, -0.2) is 8.42 Å². The van der Waals surface area contributed by atoms with Gasteiger partial charge in [0.1, 0.15) is 0 Å². The molecular formula is C19H27F3IN3O2S. The fraction of sp³-hybridized carbons (Fsp3) is 0.632. The maximum absolute atomic E-state index is 13.1. The van der Waals surface area contributed by atoms with Crippen molar-refractivity contribution in [2.24, 2.45) is 10.9 Å². The highest BCUT2D eigenvalue weighted by atomic mass is 127. The SMILES string of the molecule is CN=C(NCC1CCS(=O)(=O)C1)NCC1(c2cccc(C(F)(F)F)c2)CCC1.I. The molecule has 0 aromatic heterocycles. The maximum atomic E-state index is 13.1. The van der Waals surface area contributed by atoms with Gasteiger partial charge in [-0.05, 0) is 36.8 Å². The Bertz CT molecular complexity index is 839. The lowest BCUT2D eigenvalue weighted by Crippen LogP contribution is -2.49. The molecule has 1 aliphatic carbocycles. The minimum Gasteiger partial charge on any atom is -0.356 e. The van der Waals surface area contributed by atoms with Crippen molar-refractivity contribution >= 4 is 39.8 Å². The largest absolute Gasteiger partial charge is 0.416 e. The molecule has 1 saturated carbocycles. The average Bonchev–Trinajstić information content (AvgIpc) is 2.95. The summed E-state index contributed by atoms with van der Waals surface area (Å²) in [6.07, 6.45) is -1.10. The van der Waals surface area contributed by atoms with E-state index in [9.17, 15) is 21.6 Å². The van der Waals surface area contributed by atoms with Crippen LogP contribution in [0.25, 0.3) is 0 Å². The number of nitrogens with one attached hydrogen (secondary N) is 2. The van der Waals surface area contributed by atoms with Crippen molar-refractivity contribution in [3.8, 4) is 0 Å². The van der Waals surface area contributed by atoms with Crippen molar-refractivity contribution in [2.45, 2.75) is 37.3 Å². The maximum Gasteiger partial charge on any atom is 0.416 e. The van der Waals surface area contributed by atoms with Crippen LogP contribution in [-0.4, -0.2) is 46.0 Å². The van der Waals surface area contributed by atoms with E-state index in [-0.39, 0.29) is 46.8 Å². The molecule has 1 saturated heterocycles. The lowest BCUT2D eigenvalue weighted by molar-refractivity contribution is -0.137. The Hall–Kier alpha value is -1.04. The number of guanidine groups is 1. The van der Waals surface area contributed by atoms with E-state index in [0.717, 1.165) is 25.3 Å². The molecule has 0 amide bonds. The van der Waals surface area contributed by atoms with Crippen LogP contribution in [0.2, 0.25) is 0 Å². The number of alkyl halides is 3. The first kappa shape index (κ1) is 24.2. The normalized spacial score (nSPS) is 23.0. The summed E-state index contributed by atoms with van der Waals surface area (Å²) in [4.78, 5) is 4.16. The fourth-order valence-electron chi connectivity index (χ4n) is 3.94. The minimum absolute atomic E-state index is 0. The summed E-state index contributed by atoms with van der Waals surface area (Å²) in [5.41, 5.74) is -0.269. The van der Waals surface area contributed by atoms with E-state index in [2.05, 4.69) is 15.6 Å². The number of nitrogens with zero attached hydrogens (tertiary/aromatic N) is 1. The van der Waals surface area contributed by atoms with Gasteiger partial charge in [0.05, 0.1) is 17.1 Å². The van der Waals surface area contributed by atoms with E-state index < -0.39 is 21.6 Å². The van der Waals surface area contributed by atoms with E-state index in [1.165, 1.54) is 12.1 Å². The first-order chi connectivity index (χ1) is 13.1. The molecule has 0 radical (unpaired) electrons. The topological polar surface area (TPSA) is 70.6 Å². The van der Waals surface area contributed by atoms with Crippen LogP contribution >= 0.6 is 24.0 Å². The molecule has 2 aliphatic rings.